The average molecular weight is 281 g/mol. The number of aryl methyl sites for hydroxylation is 1. The maximum Gasteiger partial charge on any atom is 0.259 e. The standard InChI is InChI=1S/C17H15NO3/c1-11-7-13-8-14(9-15(19)16(13)17(20)18-11)21-10-12-5-3-2-4-6-12/h2-9,19H,10H2,1H3,(H,18,20). The van der Waals surface area contributed by atoms with Gasteiger partial charge in [-0.1, -0.05) is 30.3 Å². The molecular weight excluding hydrogens is 266 g/mol. The van der Waals surface area contributed by atoms with E-state index in [1.54, 1.807) is 13.0 Å². The lowest BCUT2D eigenvalue weighted by Crippen LogP contribution is -2.07. The van der Waals surface area contributed by atoms with Crippen LogP contribution in [0.1, 0.15) is 11.3 Å². The minimum absolute atomic E-state index is 0.0724. The molecule has 0 fully saturated rings. The van der Waals surface area contributed by atoms with Crippen molar-refractivity contribution in [2.75, 3.05) is 0 Å². The number of hydrogen-bond donors (Lipinski definition) is 2. The van der Waals surface area contributed by atoms with Crippen LogP contribution in [0.5, 0.6) is 11.5 Å². The zero-order chi connectivity index (χ0) is 14.8. The number of phenols is 1. The SMILES string of the molecule is Cc1cc2cc(OCc3ccccc3)cc(O)c2c(=O)[nH]1. The summed E-state index contributed by atoms with van der Waals surface area (Å²) in [6.07, 6.45) is 0. The van der Waals surface area contributed by atoms with E-state index in [0.29, 0.717) is 17.7 Å². The molecule has 0 saturated carbocycles. The largest absolute Gasteiger partial charge is 0.507 e. The molecule has 2 N–H and O–H groups in total. The normalized spacial score (nSPS) is 10.7. The number of benzene rings is 2. The first kappa shape index (κ1) is 13.2. The fourth-order valence-electron chi connectivity index (χ4n) is 2.32. The van der Waals surface area contributed by atoms with E-state index < -0.39 is 0 Å². The highest BCUT2D eigenvalue weighted by Crippen LogP contribution is 2.28. The summed E-state index contributed by atoms with van der Waals surface area (Å²) in [4.78, 5) is 14.5. The quantitative estimate of drug-likeness (QED) is 0.775. The van der Waals surface area contributed by atoms with Crippen LogP contribution in [0.25, 0.3) is 10.8 Å². The maximum atomic E-state index is 11.9. The first-order valence-electron chi connectivity index (χ1n) is 6.67. The highest BCUT2D eigenvalue weighted by molar-refractivity contribution is 5.88. The van der Waals surface area contributed by atoms with Gasteiger partial charge in [0.1, 0.15) is 18.1 Å². The number of aromatic hydroxyl groups is 1. The molecule has 0 aliphatic rings. The average Bonchev–Trinajstić information content (AvgIpc) is 2.45. The van der Waals surface area contributed by atoms with Crippen LogP contribution in [0.2, 0.25) is 0 Å². The van der Waals surface area contributed by atoms with Gasteiger partial charge in [-0.3, -0.25) is 4.79 Å². The summed E-state index contributed by atoms with van der Waals surface area (Å²) in [5, 5.41) is 11.0. The van der Waals surface area contributed by atoms with Crippen molar-refractivity contribution in [1.82, 2.24) is 4.98 Å². The van der Waals surface area contributed by atoms with Crippen molar-refractivity contribution >= 4 is 10.8 Å². The Bertz CT molecular complexity index is 838. The van der Waals surface area contributed by atoms with Crippen molar-refractivity contribution < 1.29 is 9.84 Å². The zero-order valence-electron chi connectivity index (χ0n) is 11.6. The first-order valence-corrected chi connectivity index (χ1v) is 6.67. The number of aromatic nitrogens is 1. The summed E-state index contributed by atoms with van der Waals surface area (Å²) in [5.74, 6) is 0.464. The molecule has 0 amide bonds. The number of rotatable bonds is 3. The maximum absolute atomic E-state index is 11.9. The Morgan fingerprint density at radius 2 is 1.90 bits per heavy atom. The van der Waals surface area contributed by atoms with Crippen molar-refractivity contribution in [2.45, 2.75) is 13.5 Å². The Balaban J connectivity index is 1.95. The molecule has 3 rings (SSSR count). The molecule has 0 bridgehead atoms. The third-order valence-corrected chi connectivity index (χ3v) is 3.28. The van der Waals surface area contributed by atoms with Crippen LogP contribution < -0.4 is 10.3 Å². The lowest BCUT2D eigenvalue weighted by atomic mass is 10.1. The second kappa shape index (κ2) is 5.32. The number of ether oxygens (including phenoxy) is 1. The zero-order valence-corrected chi connectivity index (χ0v) is 11.6. The topological polar surface area (TPSA) is 62.3 Å². The summed E-state index contributed by atoms with van der Waals surface area (Å²) < 4.78 is 5.69. The minimum atomic E-state index is -0.294. The van der Waals surface area contributed by atoms with Gasteiger partial charge in [0.2, 0.25) is 0 Å². The van der Waals surface area contributed by atoms with E-state index in [0.717, 1.165) is 11.3 Å². The lowest BCUT2D eigenvalue weighted by molar-refractivity contribution is 0.305. The fourth-order valence-corrected chi connectivity index (χ4v) is 2.32. The summed E-state index contributed by atoms with van der Waals surface area (Å²) in [7, 11) is 0. The molecule has 0 radical (unpaired) electrons. The summed E-state index contributed by atoms with van der Waals surface area (Å²) in [5.41, 5.74) is 1.49. The van der Waals surface area contributed by atoms with Crippen LogP contribution in [0.3, 0.4) is 0 Å². The molecule has 4 nitrogen and oxygen atoms in total. The Hall–Kier alpha value is -2.75. The summed E-state index contributed by atoms with van der Waals surface area (Å²) >= 11 is 0. The van der Waals surface area contributed by atoms with Gasteiger partial charge in [-0.25, -0.2) is 0 Å². The number of aromatic amines is 1. The predicted octanol–water partition coefficient (Wildman–Crippen LogP) is 3.12. The van der Waals surface area contributed by atoms with Crippen molar-refractivity contribution in [3.05, 3.63) is 70.1 Å². The smallest absolute Gasteiger partial charge is 0.259 e. The molecular formula is C17H15NO3. The number of hydrogen-bond acceptors (Lipinski definition) is 3. The second-order valence-electron chi connectivity index (χ2n) is 4.96. The fraction of sp³-hybridized carbons (Fsp3) is 0.118. The molecule has 0 aliphatic heterocycles. The Labute approximate surface area is 121 Å². The summed E-state index contributed by atoms with van der Waals surface area (Å²) in [6.45, 7) is 2.21. The number of fused-ring (bicyclic) bond motifs is 1. The van der Waals surface area contributed by atoms with Gasteiger partial charge in [-0.2, -0.15) is 0 Å². The molecule has 3 aromatic rings. The van der Waals surface area contributed by atoms with Crippen LogP contribution in [0.4, 0.5) is 0 Å². The molecule has 2 aromatic carbocycles. The van der Waals surface area contributed by atoms with E-state index in [9.17, 15) is 9.90 Å². The van der Waals surface area contributed by atoms with Crippen molar-refractivity contribution in [2.24, 2.45) is 0 Å². The van der Waals surface area contributed by atoms with Crippen molar-refractivity contribution in [1.29, 1.82) is 0 Å². The molecule has 0 unspecified atom stereocenters. The lowest BCUT2D eigenvalue weighted by Gasteiger charge is -2.09. The number of pyridine rings is 1. The van der Waals surface area contributed by atoms with Gasteiger partial charge in [0.25, 0.3) is 5.56 Å². The highest BCUT2D eigenvalue weighted by atomic mass is 16.5. The van der Waals surface area contributed by atoms with Gasteiger partial charge >= 0.3 is 0 Å². The van der Waals surface area contributed by atoms with E-state index >= 15 is 0 Å². The third-order valence-electron chi connectivity index (χ3n) is 3.28. The number of phenolic OH excluding ortho intramolecular Hbond substituents is 1. The number of nitrogens with one attached hydrogen (secondary N) is 1. The van der Waals surface area contributed by atoms with E-state index in [1.807, 2.05) is 36.4 Å². The molecule has 0 aliphatic carbocycles. The van der Waals surface area contributed by atoms with E-state index in [4.69, 9.17) is 4.74 Å². The van der Waals surface area contributed by atoms with Gasteiger partial charge in [0.05, 0.1) is 5.39 Å². The van der Waals surface area contributed by atoms with Crippen LogP contribution in [0.15, 0.2) is 53.3 Å². The molecule has 21 heavy (non-hydrogen) atoms. The minimum Gasteiger partial charge on any atom is -0.507 e. The van der Waals surface area contributed by atoms with Crippen molar-refractivity contribution in [3.8, 4) is 11.5 Å². The molecule has 0 saturated heterocycles. The molecule has 0 spiro atoms. The van der Waals surface area contributed by atoms with Gasteiger partial charge in [-0.15, -0.1) is 0 Å². The van der Waals surface area contributed by atoms with E-state index in [-0.39, 0.29) is 16.7 Å². The van der Waals surface area contributed by atoms with Crippen molar-refractivity contribution in [3.63, 3.8) is 0 Å². The van der Waals surface area contributed by atoms with Crippen LogP contribution in [0, 0.1) is 6.92 Å². The molecule has 4 heteroatoms. The number of H-pyrrole nitrogens is 1. The highest BCUT2D eigenvalue weighted by Gasteiger charge is 2.08. The van der Waals surface area contributed by atoms with Crippen LogP contribution >= 0.6 is 0 Å². The second-order valence-corrected chi connectivity index (χ2v) is 4.96. The van der Waals surface area contributed by atoms with E-state index in [1.165, 1.54) is 6.07 Å². The van der Waals surface area contributed by atoms with Crippen LogP contribution in [-0.4, -0.2) is 10.1 Å². The Kier molecular flexibility index (Phi) is 3.36. The predicted molar refractivity (Wildman–Crippen MR) is 81.7 cm³/mol. The summed E-state index contributed by atoms with van der Waals surface area (Å²) in [6, 6.07) is 14.8. The molecule has 0 atom stereocenters. The van der Waals surface area contributed by atoms with E-state index in [2.05, 4.69) is 4.98 Å². The van der Waals surface area contributed by atoms with Crippen LogP contribution in [-0.2, 0) is 6.61 Å². The monoisotopic (exact) mass is 281 g/mol. The molecule has 1 heterocycles. The Morgan fingerprint density at radius 3 is 2.67 bits per heavy atom. The molecule has 106 valence electrons. The van der Waals surface area contributed by atoms with Gasteiger partial charge in [0, 0.05) is 11.8 Å². The van der Waals surface area contributed by atoms with Gasteiger partial charge in [-0.05, 0) is 30.0 Å². The third kappa shape index (κ3) is 2.74. The molecule has 1 aromatic heterocycles. The Morgan fingerprint density at radius 1 is 1.14 bits per heavy atom. The first-order chi connectivity index (χ1) is 10.1. The van der Waals surface area contributed by atoms with Gasteiger partial charge in [0.15, 0.2) is 0 Å². The van der Waals surface area contributed by atoms with Gasteiger partial charge < -0.3 is 14.8 Å².